The number of ether oxygens (including phenoxy) is 1. The van der Waals surface area contributed by atoms with Gasteiger partial charge in [0.2, 0.25) is 10.0 Å². The molecule has 1 N–H and O–H groups in total. The van der Waals surface area contributed by atoms with Crippen molar-refractivity contribution in [3.05, 3.63) is 59.2 Å². The van der Waals surface area contributed by atoms with Gasteiger partial charge in [-0.3, -0.25) is 0 Å². The molecule has 1 aliphatic heterocycles. The van der Waals surface area contributed by atoms with E-state index in [-0.39, 0.29) is 6.04 Å². The maximum atomic E-state index is 12.5. The predicted octanol–water partition coefficient (Wildman–Crippen LogP) is 3.09. The summed E-state index contributed by atoms with van der Waals surface area (Å²) < 4.78 is 33.2. The molecule has 0 spiro atoms. The number of hydrogen-bond acceptors (Lipinski definition) is 3. The van der Waals surface area contributed by atoms with E-state index in [0.29, 0.717) is 11.3 Å². The Morgan fingerprint density at radius 2 is 1.83 bits per heavy atom. The molecule has 0 aromatic heterocycles. The third-order valence-corrected chi connectivity index (χ3v) is 5.90. The summed E-state index contributed by atoms with van der Waals surface area (Å²) in [5, 5.41) is 0. The van der Waals surface area contributed by atoms with Gasteiger partial charge in [-0.1, -0.05) is 31.2 Å². The van der Waals surface area contributed by atoms with Gasteiger partial charge in [-0.25, -0.2) is 13.1 Å². The summed E-state index contributed by atoms with van der Waals surface area (Å²) in [5.41, 5.74) is 3.45. The van der Waals surface area contributed by atoms with Gasteiger partial charge in [0.15, 0.2) is 0 Å². The van der Waals surface area contributed by atoms with Crippen LogP contribution in [0.15, 0.2) is 47.4 Å². The van der Waals surface area contributed by atoms with E-state index in [1.165, 1.54) is 5.56 Å². The van der Waals surface area contributed by atoms with E-state index in [9.17, 15) is 8.42 Å². The first-order chi connectivity index (χ1) is 11.5. The molecular formula is C19H23NO3S. The summed E-state index contributed by atoms with van der Waals surface area (Å²) in [4.78, 5) is 0.314. The Morgan fingerprint density at radius 1 is 1.12 bits per heavy atom. The summed E-state index contributed by atoms with van der Waals surface area (Å²) in [5.74, 6) is 0.947. The zero-order valence-electron chi connectivity index (χ0n) is 14.1. The summed E-state index contributed by atoms with van der Waals surface area (Å²) in [7, 11) is -3.49. The molecule has 0 saturated carbocycles. The Kier molecular flexibility index (Phi) is 4.92. The van der Waals surface area contributed by atoms with Crippen LogP contribution in [0.1, 0.15) is 30.5 Å². The molecule has 24 heavy (non-hydrogen) atoms. The fourth-order valence-electron chi connectivity index (χ4n) is 3.00. The largest absolute Gasteiger partial charge is 0.493 e. The Balaban J connectivity index is 1.67. The van der Waals surface area contributed by atoms with E-state index in [0.717, 1.165) is 36.3 Å². The summed E-state index contributed by atoms with van der Waals surface area (Å²) in [6, 6.07) is 13.0. The van der Waals surface area contributed by atoms with Crippen LogP contribution in [-0.2, 0) is 29.3 Å². The summed E-state index contributed by atoms with van der Waals surface area (Å²) in [6.07, 6.45) is 2.47. The number of aryl methyl sites for hydroxylation is 1. The van der Waals surface area contributed by atoms with Crippen LogP contribution in [0.25, 0.3) is 0 Å². The van der Waals surface area contributed by atoms with Crippen LogP contribution in [0.5, 0.6) is 5.75 Å². The Hall–Kier alpha value is -1.85. The van der Waals surface area contributed by atoms with Gasteiger partial charge in [-0.15, -0.1) is 0 Å². The van der Waals surface area contributed by atoms with Gasteiger partial charge in [0.25, 0.3) is 0 Å². The second-order valence-electron chi connectivity index (χ2n) is 6.26. The van der Waals surface area contributed by atoms with Gasteiger partial charge < -0.3 is 4.74 Å². The van der Waals surface area contributed by atoms with Crippen molar-refractivity contribution in [3.63, 3.8) is 0 Å². The molecule has 1 aliphatic rings. The van der Waals surface area contributed by atoms with Crippen LogP contribution < -0.4 is 9.46 Å². The lowest BCUT2D eigenvalue weighted by molar-refractivity contribution is 0.357. The average molecular weight is 345 g/mol. The van der Waals surface area contributed by atoms with Gasteiger partial charge in [0, 0.05) is 12.5 Å². The molecule has 1 heterocycles. The van der Waals surface area contributed by atoms with Crippen molar-refractivity contribution in [1.82, 2.24) is 4.72 Å². The molecule has 0 fully saturated rings. The lowest BCUT2D eigenvalue weighted by atomic mass is 10.0. The highest BCUT2D eigenvalue weighted by molar-refractivity contribution is 7.89. The summed E-state index contributed by atoms with van der Waals surface area (Å²) in [6.45, 7) is 4.67. The monoisotopic (exact) mass is 345 g/mol. The van der Waals surface area contributed by atoms with Gasteiger partial charge in [0.1, 0.15) is 5.75 Å². The lowest BCUT2D eigenvalue weighted by Crippen LogP contribution is -2.34. The molecule has 3 rings (SSSR count). The quantitative estimate of drug-likeness (QED) is 0.875. The molecule has 2 aromatic carbocycles. The van der Waals surface area contributed by atoms with Gasteiger partial charge >= 0.3 is 0 Å². The predicted molar refractivity (Wildman–Crippen MR) is 94.9 cm³/mol. The first kappa shape index (κ1) is 17.0. The van der Waals surface area contributed by atoms with Crippen LogP contribution in [-0.4, -0.2) is 21.1 Å². The zero-order chi connectivity index (χ0) is 17.2. The third kappa shape index (κ3) is 3.79. The average Bonchev–Trinajstić information content (AvgIpc) is 3.02. The van der Waals surface area contributed by atoms with Crippen LogP contribution >= 0.6 is 0 Å². The van der Waals surface area contributed by atoms with E-state index in [1.807, 2.05) is 38.1 Å². The fourth-order valence-corrected chi connectivity index (χ4v) is 4.24. The van der Waals surface area contributed by atoms with Crippen molar-refractivity contribution in [3.8, 4) is 5.75 Å². The van der Waals surface area contributed by atoms with Crippen LogP contribution in [0.3, 0.4) is 0 Å². The maximum absolute atomic E-state index is 12.5. The standard InChI is InChI=1S/C19H23NO3S/c1-3-15-4-7-18(8-5-15)24(21,22)20-14(2)12-16-6-9-19-17(13-16)10-11-23-19/h4-9,13-14,20H,3,10-12H2,1-2H3. The number of rotatable bonds is 6. The smallest absolute Gasteiger partial charge is 0.240 e. The summed E-state index contributed by atoms with van der Waals surface area (Å²) >= 11 is 0. The van der Waals surface area contributed by atoms with E-state index >= 15 is 0 Å². The minimum atomic E-state index is -3.49. The van der Waals surface area contributed by atoms with Crippen LogP contribution in [0.4, 0.5) is 0 Å². The number of benzene rings is 2. The topological polar surface area (TPSA) is 55.4 Å². The molecular weight excluding hydrogens is 322 g/mol. The van der Waals surface area contributed by atoms with E-state index < -0.39 is 10.0 Å². The minimum absolute atomic E-state index is 0.179. The Morgan fingerprint density at radius 3 is 2.54 bits per heavy atom. The minimum Gasteiger partial charge on any atom is -0.493 e. The van der Waals surface area contributed by atoms with Crippen LogP contribution in [0.2, 0.25) is 0 Å². The fraction of sp³-hybridized carbons (Fsp3) is 0.368. The van der Waals surface area contributed by atoms with Gasteiger partial charge in [-0.2, -0.15) is 0 Å². The van der Waals surface area contributed by atoms with Crippen molar-refractivity contribution in [2.24, 2.45) is 0 Å². The van der Waals surface area contributed by atoms with Crippen LogP contribution in [0, 0.1) is 0 Å². The molecule has 128 valence electrons. The normalized spacial score (nSPS) is 14.9. The van der Waals surface area contributed by atoms with Gasteiger partial charge in [-0.05, 0) is 54.7 Å². The molecule has 0 bridgehead atoms. The van der Waals surface area contributed by atoms with E-state index in [4.69, 9.17) is 4.74 Å². The Labute approximate surface area is 143 Å². The molecule has 4 nitrogen and oxygen atoms in total. The van der Waals surface area contributed by atoms with Gasteiger partial charge in [0.05, 0.1) is 11.5 Å². The highest BCUT2D eigenvalue weighted by Crippen LogP contribution is 2.26. The molecule has 0 aliphatic carbocycles. The number of hydrogen-bond donors (Lipinski definition) is 1. The number of sulfonamides is 1. The molecule has 0 amide bonds. The van der Waals surface area contributed by atoms with Crippen molar-refractivity contribution < 1.29 is 13.2 Å². The first-order valence-corrected chi connectivity index (χ1v) is 9.82. The van der Waals surface area contributed by atoms with Crippen molar-refractivity contribution in [1.29, 1.82) is 0 Å². The van der Waals surface area contributed by atoms with Crippen molar-refractivity contribution in [2.45, 2.75) is 44.0 Å². The zero-order valence-corrected chi connectivity index (χ0v) is 14.9. The molecule has 0 radical (unpaired) electrons. The molecule has 1 unspecified atom stereocenters. The molecule has 5 heteroatoms. The first-order valence-electron chi connectivity index (χ1n) is 8.34. The molecule has 2 aromatic rings. The van der Waals surface area contributed by atoms with Crippen molar-refractivity contribution >= 4 is 10.0 Å². The highest BCUT2D eigenvalue weighted by atomic mass is 32.2. The maximum Gasteiger partial charge on any atom is 0.240 e. The Bertz CT molecular complexity index is 813. The number of nitrogens with one attached hydrogen (secondary N) is 1. The second kappa shape index (κ2) is 6.95. The van der Waals surface area contributed by atoms with E-state index in [1.54, 1.807) is 12.1 Å². The van der Waals surface area contributed by atoms with Crippen molar-refractivity contribution in [2.75, 3.05) is 6.61 Å². The lowest BCUT2D eigenvalue weighted by Gasteiger charge is -2.15. The molecule has 0 saturated heterocycles. The van der Waals surface area contributed by atoms with E-state index in [2.05, 4.69) is 10.8 Å². The second-order valence-corrected chi connectivity index (χ2v) is 7.98. The highest BCUT2D eigenvalue weighted by Gasteiger charge is 2.18. The molecule has 1 atom stereocenters. The third-order valence-electron chi connectivity index (χ3n) is 4.29. The SMILES string of the molecule is CCc1ccc(S(=O)(=O)NC(C)Cc2ccc3c(c2)CCO3)cc1. The number of fused-ring (bicyclic) bond motifs is 1.